The van der Waals surface area contributed by atoms with Gasteiger partial charge < -0.3 is 18.9 Å². The minimum Gasteiger partial charge on any atom is -0.493 e. The maximum absolute atomic E-state index is 14.7. The minimum absolute atomic E-state index is 0.149. The van der Waals surface area contributed by atoms with Gasteiger partial charge in [0.1, 0.15) is 12.4 Å². The second-order valence-electron chi connectivity index (χ2n) is 11.8. The Morgan fingerprint density at radius 3 is 2.46 bits per heavy atom. The average molecular weight is 888 g/mol. The van der Waals surface area contributed by atoms with E-state index in [0.29, 0.717) is 44.4 Å². The molecule has 1 aliphatic rings. The maximum Gasteiger partial charge on any atom is 0.338 e. The fourth-order valence-electron chi connectivity index (χ4n) is 6.33. The van der Waals surface area contributed by atoms with Crippen LogP contribution in [0.1, 0.15) is 35.2 Å². The van der Waals surface area contributed by atoms with Crippen molar-refractivity contribution in [2.75, 3.05) is 20.8 Å². The molecule has 0 radical (unpaired) electrons. The van der Waals surface area contributed by atoms with Gasteiger partial charge in [-0.05, 0) is 81.8 Å². The maximum atomic E-state index is 14.7. The van der Waals surface area contributed by atoms with Gasteiger partial charge >= 0.3 is 5.97 Å². The van der Waals surface area contributed by atoms with Crippen molar-refractivity contribution in [1.82, 2.24) is 4.57 Å². The van der Waals surface area contributed by atoms with E-state index in [1.807, 2.05) is 72.8 Å². The van der Waals surface area contributed by atoms with Crippen LogP contribution in [0.25, 0.3) is 22.5 Å². The van der Waals surface area contributed by atoms with Gasteiger partial charge in [0.05, 0.1) is 46.2 Å². The van der Waals surface area contributed by atoms with Crippen molar-refractivity contribution in [3.05, 3.63) is 159 Å². The summed E-state index contributed by atoms with van der Waals surface area (Å²) in [7, 11) is 3.10. The Kier molecular flexibility index (Phi) is 10.6. The molecule has 0 bridgehead atoms. The van der Waals surface area contributed by atoms with Gasteiger partial charge in [-0.3, -0.25) is 9.36 Å². The van der Waals surface area contributed by atoms with E-state index < -0.39 is 12.0 Å². The largest absolute Gasteiger partial charge is 0.493 e. The predicted molar refractivity (Wildman–Crippen MR) is 216 cm³/mol. The zero-order valence-electron chi connectivity index (χ0n) is 28.4. The summed E-state index contributed by atoms with van der Waals surface area (Å²) in [6.45, 7) is 2.24. The molecule has 5 aromatic carbocycles. The molecule has 1 aromatic heterocycles. The first kappa shape index (κ1) is 35.7. The first-order valence-electron chi connectivity index (χ1n) is 16.4. The number of aromatic nitrogens is 1. The summed E-state index contributed by atoms with van der Waals surface area (Å²) >= 11 is 7.15. The monoisotopic (exact) mass is 886 g/mol. The van der Waals surface area contributed by atoms with E-state index in [1.54, 1.807) is 37.8 Å². The molecule has 0 saturated heterocycles. The summed E-state index contributed by atoms with van der Waals surface area (Å²) in [5, 5.41) is 2.25. The zero-order chi connectivity index (χ0) is 36.4. The summed E-state index contributed by atoms with van der Waals surface area (Å²) < 4.78 is 27.0. The normalized spacial score (nSPS) is 14.2. The van der Waals surface area contributed by atoms with Crippen LogP contribution in [0, 0.1) is 3.57 Å². The summed E-state index contributed by atoms with van der Waals surface area (Å²) in [4.78, 5) is 34.0. The third-order valence-corrected chi connectivity index (χ3v) is 10.9. The molecule has 0 unspecified atom stereocenters. The van der Waals surface area contributed by atoms with E-state index in [9.17, 15) is 9.59 Å². The van der Waals surface area contributed by atoms with Crippen LogP contribution in [-0.2, 0) is 16.1 Å². The molecule has 11 heteroatoms. The van der Waals surface area contributed by atoms with Gasteiger partial charge in [0, 0.05) is 15.6 Å². The third kappa shape index (κ3) is 6.92. The van der Waals surface area contributed by atoms with E-state index in [1.165, 1.54) is 11.3 Å². The Balaban J connectivity index is 1.42. The summed E-state index contributed by atoms with van der Waals surface area (Å²) in [6.07, 6.45) is 1.83. The van der Waals surface area contributed by atoms with Gasteiger partial charge in [-0.15, -0.1) is 0 Å². The zero-order valence-corrected chi connectivity index (χ0v) is 33.0. The highest BCUT2D eigenvalue weighted by Gasteiger charge is 2.35. The highest BCUT2D eigenvalue weighted by Crippen LogP contribution is 2.39. The molecule has 6 aromatic rings. The van der Waals surface area contributed by atoms with Gasteiger partial charge in [-0.2, -0.15) is 0 Å². The second kappa shape index (κ2) is 15.5. The van der Waals surface area contributed by atoms with Crippen LogP contribution in [0.15, 0.2) is 123 Å². The van der Waals surface area contributed by atoms with Crippen LogP contribution in [0.2, 0.25) is 0 Å². The van der Waals surface area contributed by atoms with Gasteiger partial charge in [-0.25, -0.2) is 9.79 Å². The van der Waals surface area contributed by atoms with Crippen molar-refractivity contribution in [2.24, 2.45) is 4.99 Å². The Hall–Kier alpha value is -4.72. The number of hydrogen-bond acceptors (Lipinski definition) is 8. The molecule has 1 aliphatic heterocycles. The fourth-order valence-corrected chi connectivity index (χ4v) is 9.03. The van der Waals surface area contributed by atoms with Crippen LogP contribution in [0.4, 0.5) is 0 Å². The van der Waals surface area contributed by atoms with Crippen LogP contribution in [0.5, 0.6) is 17.2 Å². The molecule has 0 N–H and O–H groups in total. The SMILES string of the molecule is CCOC(=O)C1=C(c2ccccc2)N=c2s/c(=C\c3cc(Br)cc(I)c3OCc3cccc4ccccc34)c(=O)n2[C@@H]1c1ccc(OC)c(OC)c1. The van der Waals surface area contributed by atoms with Crippen LogP contribution >= 0.6 is 49.9 Å². The lowest BCUT2D eigenvalue weighted by Gasteiger charge is -2.26. The van der Waals surface area contributed by atoms with Crippen molar-refractivity contribution >= 4 is 78.4 Å². The molecule has 0 aliphatic carbocycles. The molecule has 8 nitrogen and oxygen atoms in total. The molecule has 262 valence electrons. The average Bonchev–Trinajstić information content (AvgIpc) is 3.47. The first-order chi connectivity index (χ1) is 25.3. The summed E-state index contributed by atoms with van der Waals surface area (Å²) in [5.74, 6) is 1.06. The Morgan fingerprint density at radius 2 is 1.69 bits per heavy atom. The smallest absolute Gasteiger partial charge is 0.338 e. The molecule has 2 heterocycles. The highest BCUT2D eigenvalue weighted by atomic mass is 127. The number of carbonyl (C=O) groups excluding carboxylic acids is 1. The standard InChI is InChI=1S/C41H32BrIN2O6S/c1-4-50-40(47)35-36(25-12-6-5-7-13-25)44-41-45(37(35)26-17-18-32(48-2)33(20-26)49-3)39(46)34(52-41)21-28-19-29(42)22-31(43)38(28)51-23-27-15-10-14-24-11-8-9-16-30(24)27/h5-22,37H,4,23H2,1-3H3/b34-21-/t37-/m1/s1. The summed E-state index contributed by atoms with van der Waals surface area (Å²) in [5.41, 5.74) is 3.49. The van der Waals surface area contributed by atoms with Crippen LogP contribution < -0.4 is 29.1 Å². The molecule has 0 saturated carbocycles. The molecule has 0 fully saturated rings. The molecular weight excluding hydrogens is 855 g/mol. The van der Waals surface area contributed by atoms with Crippen molar-refractivity contribution in [3.63, 3.8) is 0 Å². The molecule has 7 rings (SSSR count). The number of rotatable bonds is 10. The number of carbonyl (C=O) groups is 1. The Bertz CT molecular complexity index is 2540. The number of hydrogen-bond donors (Lipinski definition) is 0. The highest BCUT2D eigenvalue weighted by molar-refractivity contribution is 14.1. The first-order valence-corrected chi connectivity index (χ1v) is 19.1. The van der Waals surface area contributed by atoms with Gasteiger partial charge in [0.2, 0.25) is 0 Å². The molecule has 0 spiro atoms. The molecular formula is C41H32BrIN2O6S. The third-order valence-electron chi connectivity index (χ3n) is 8.67. The molecule has 0 amide bonds. The van der Waals surface area contributed by atoms with Gasteiger partial charge in [0.25, 0.3) is 5.56 Å². The Morgan fingerprint density at radius 1 is 0.942 bits per heavy atom. The van der Waals surface area contributed by atoms with Crippen LogP contribution in [-0.4, -0.2) is 31.4 Å². The van der Waals surface area contributed by atoms with Crippen molar-refractivity contribution < 1.29 is 23.7 Å². The molecule has 52 heavy (non-hydrogen) atoms. The lowest BCUT2D eigenvalue weighted by atomic mass is 9.93. The Labute approximate surface area is 325 Å². The van der Waals surface area contributed by atoms with E-state index in [2.05, 4.69) is 62.8 Å². The number of benzene rings is 5. The topological polar surface area (TPSA) is 88.4 Å². The second-order valence-corrected chi connectivity index (χ2v) is 14.9. The van der Waals surface area contributed by atoms with E-state index in [4.69, 9.17) is 23.9 Å². The number of methoxy groups -OCH3 is 2. The quantitative estimate of drug-likeness (QED) is 0.102. The number of ether oxygens (including phenoxy) is 4. The lowest BCUT2D eigenvalue weighted by Crippen LogP contribution is -2.40. The lowest BCUT2D eigenvalue weighted by molar-refractivity contribution is -0.138. The summed E-state index contributed by atoms with van der Waals surface area (Å²) in [6, 6.07) is 32.2. The predicted octanol–water partition coefficient (Wildman–Crippen LogP) is 8.05. The van der Waals surface area contributed by atoms with Crippen molar-refractivity contribution in [1.29, 1.82) is 0 Å². The van der Waals surface area contributed by atoms with E-state index in [0.717, 1.165) is 35.5 Å². The van der Waals surface area contributed by atoms with E-state index in [-0.39, 0.29) is 17.7 Å². The van der Waals surface area contributed by atoms with Crippen molar-refractivity contribution in [3.8, 4) is 17.2 Å². The minimum atomic E-state index is -0.878. The fraction of sp³-hybridized carbons (Fsp3) is 0.146. The van der Waals surface area contributed by atoms with Gasteiger partial charge in [0.15, 0.2) is 16.3 Å². The number of halogens is 2. The number of nitrogens with zero attached hydrogens (tertiary/aromatic N) is 2. The number of thiazole rings is 1. The van der Waals surface area contributed by atoms with Gasteiger partial charge in [-0.1, -0.05) is 106 Å². The van der Waals surface area contributed by atoms with E-state index >= 15 is 0 Å². The van der Waals surface area contributed by atoms with Crippen LogP contribution in [0.3, 0.4) is 0 Å². The number of esters is 1. The molecule has 1 atom stereocenters. The van der Waals surface area contributed by atoms with Crippen molar-refractivity contribution in [2.45, 2.75) is 19.6 Å². The number of fused-ring (bicyclic) bond motifs is 2.